The second-order valence-corrected chi connectivity index (χ2v) is 4.42. The van der Waals surface area contributed by atoms with Crippen molar-refractivity contribution in [2.45, 2.75) is 6.92 Å². The van der Waals surface area contributed by atoms with E-state index in [1.165, 1.54) is 12.1 Å². The van der Waals surface area contributed by atoms with Crippen molar-refractivity contribution in [3.63, 3.8) is 0 Å². The molecule has 2 rings (SSSR count). The molecule has 0 amide bonds. The van der Waals surface area contributed by atoms with Crippen LogP contribution in [0.2, 0.25) is 0 Å². The summed E-state index contributed by atoms with van der Waals surface area (Å²) in [7, 11) is 1.62. The number of anilines is 1. The summed E-state index contributed by atoms with van der Waals surface area (Å²) in [5.41, 5.74) is 5.67. The minimum absolute atomic E-state index is 0.247. The minimum Gasteiger partial charge on any atom is -0.497 e. The zero-order chi connectivity index (χ0) is 15.2. The predicted octanol–water partition coefficient (Wildman–Crippen LogP) is 3.23. The molecule has 0 saturated carbocycles. The van der Waals surface area contributed by atoms with E-state index < -0.39 is 5.97 Å². The first-order valence-electron chi connectivity index (χ1n) is 6.38. The van der Waals surface area contributed by atoms with E-state index in [2.05, 4.69) is 10.5 Å². The van der Waals surface area contributed by atoms with Crippen LogP contribution < -0.4 is 10.2 Å². The molecule has 0 bridgehead atoms. The fourth-order valence-electron chi connectivity index (χ4n) is 1.73. The van der Waals surface area contributed by atoms with Crippen LogP contribution in [-0.4, -0.2) is 23.9 Å². The Morgan fingerprint density at radius 1 is 1.05 bits per heavy atom. The van der Waals surface area contributed by atoms with Gasteiger partial charge in [-0.1, -0.05) is 0 Å². The zero-order valence-corrected chi connectivity index (χ0v) is 11.8. The fraction of sp³-hybridized carbons (Fsp3) is 0.125. The standard InChI is InChI=1S/C16H16N2O3/c1-11(12-5-9-15(21-2)10-6-12)17-18-14-7-3-13(4-8-14)16(19)20/h3-10,18H,1-2H3,(H,19,20). The Morgan fingerprint density at radius 2 is 1.62 bits per heavy atom. The quantitative estimate of drug-likeness (QED) is 0.653. The van der Waals surface area contributed by atoms with Crippen molar-refractivity contribution in [3.8, 4) is 5.75 Å². The van der Waals surface area contributed by atoms with Gasteiger partial charge in [0.15, 0.2) is 0 Å². The van der Waals surface area contributed by atoms with Gasteiger partial charge < -0.3 is 9.84 Å². The van der Waals surface area contributed by atoms with Crippen LogP contribution in [0.1, 0.15) is 22.8 Å². The molecule has 108 valence electrons. The van der Waals surface area contributed by atoms with E-state index in [1.807, 2.05) is 31.2 Å². The zero-order valence-electron chi connectivity index (χ0n) is 11.8. The maximum atomic E-state index is 10.8. The maximum Gasteiger partial charge on any atom is 0.335 e. The molecule has 0 aromatic heterocycles. The number of benzene rings is 2. The molecule has 2 aromatic carbocycles. The Kier molecular flexibility index (Phi) is 4.56. The van der Waals surface area contributed by atoms with Gasteiger partial charge in [0.2, 0.25) is 0 Å². The number of methoxy groups -OCH3 is 1. The number of carboxylic acids is 1. The molecule has 21 heavy (non-hydrogen) atoms. The Labute approximate surface area is 122 Å². The number of carbonyl (C=O) groups is 1. The minimum atomic E-state index is -0.945. The van der Waals surface area contributed by atoms with E-state index in [-0.39, 0.29) is 5.56 Å². The van der Waals surface area contributed by atoms with Crippen molar-refractivity contribution >= 4 is 17.4 Å². The van der Waals surface area contributed by atoms with E-state index in [4.69, 9.17) is 9.84 Å². The van der Waals surface area contributed by atoms with Crippen molar-refractivity contribution in [1.82, 2.24) is 0 Å². The Morgan fingerprint density at radius 3 is 2.14 bits per heavy atom. The molecule has 0 saturated heterocycles. The summed E-state index contributed by atoms with van der Waals surface area (Å²) in [5, 5.41) is 13.1. The molecule has 2 N–H and O–H groups in total. The van der Waals surface area contributed by atoms with Gasteiger partial charge in [-0.3, -0.25) is 5.43 Å². The number of rotatable bonds is 5. The first-order chi connectivity index (χ1) is 10.1. The lowest BCUT2D eigenvalue weighted by atomic mass is 10.1. The second-order valence-electron chi connectivity index (χ2n) is 4.42. The van der Waals surface area contributed by atoms with Crippen LogP contribution in [0.15, 0.2) is 53.6 Å². The monoisotopic (exact) mass is 284 g/mol. The van der Waals surface area contributed by atoms with Gasteiger partial charge in [-0.2, -0.15) is 5.10 Å². The van der Waals surface area contributed by atoms with Gasteiger partial charge in [-0.05, 0) is 61.0 Å². The van der Waals surface area contributed by atoms with E-state index >= 15 is 0 Å². The lowest BCUT2D eigenvalue weighted by molar-refractivity contribution is 0.0697. The molecule has 0 heterocycles. The molecule has 0 spiro atoms. The SMILES string of the molecule is COc1ccc(C(C)=NNc2ccc(C(=O)O)cc2)cc1. The molecule has 5 heteroatoms. The summed E-state index contributed by atoms with van der Waals surface area (Å²) in [4.78, 5) is 10.8. The fourth-order valence-corrected chi connectivity index (χ4v) is 1.73. The van der Waals surface area contributed by atoms with Crippen LogP contribution in [0, 0.1) is 0 Å². The number of ether oxygens (including phenoxy) is 1. The van der Waals surface area contributed by atoms with Gasteiger partial charge in [-0.25, -0.2) is 4.79 Å². The van der Waals surface area contributed by atoms with Crippen LogP contribution in [-0.2, 0) is 0 Å². The Bertz CT molecular complexity index is 646. The molecule has 2 aromatic rings. The summed E-state index contributed by atoms with van der Waals surface area (Å²) in [6.07, 6.45) is 0. The molecule has 0 aliphatic heterocycles. The van der Waals surface area contributed by atoms with Gasteiger partial charge in [0.05, 0.1) is 24.1 Å². The Balaban J connectivity index is 2.06. The molecule has 0 atom stereocenters. The summed E-state index contributed by atoms with van der Waals surface area (Å²) >= 11 is 0. The van der Waals surface area contributed by atoms with Crippen molar-refractivity contribution in [1.29, 1.82) is 0 Å². The molecule has 0 unspecified atom stereocenters. The van der Waals surface area contributed by atoms with Gasteiger partial charge in [0.1, 0.15) is 5.75 Å². The van der Waals surface area contributed by atoms with E-state index in [0.717, 1.165) is 22.7 Å². The molecular weight excluding hydrogens is 268 g/mol. The van der Waals surface area contributed by atoms with Gasteiger partial charge in [-0.15, -0.1) is 0 Å². The van der Waals surface area contributed by atoms with Crippen molar-refractivity contribution in [2.24, 2.45) is 5.10 Å². The third kappa shape index (κ3) is 3.82. The van der Waals surface area contributed by atoms with Gasteiger partial charge in [0.25, 0.3) is 0 Å². The van der Waals surface area contributed by atoms with Crippen LogP contribution in [0.25, 0.3) is 0 Å². The number of carboxylic acid groups (broad SMARTS) is 1. The molecule has 0 fully saturated rings. The van der Waals surface area contributed by atoms with Crippen LogP contribution in [0.3, 0.4) is 0 Å². The number of hydrogen-bond acceptors (Lipinski definition) is 4. The summed E-state index contributed by atoms with van der Waals surface area (Å²) < 4.78 is 5.11. The lowest BCUT2D eigenvalue weighted by Gasteiger charge is -2.05. The maximum absolute atomic E-state index is 10.8. The van der Waals surface area contributed by atoms with Crippen LogP contribution in [0.4, 0.5) is 5.69 Å². The Hall–Kier alpha value is -2.82. The van der Waals surface area contributed by atoms with Crippen molar-refractivity contribution in [3.05, 3.63) is 59.7 Å². The highest BCUT2D eigenvalue weighted by Gasteiger charge is 2.02. The first-order valence-corrected chi connectivity index (χ1v) is 6.38. The van der Waals surface area contributed by atoms with Gasteiger partial charge in [0, 0.05) is 0 Å². The highest BCUT2D eigenvalue weighted by Crippen LogP contribution is 2.13. The molecule has 0 radical (unpaired) electrons. The third-order valence-electron chi connectivity index (χ3n) is 2.99. The third-order valence-corrected chi connectivity index (χ3v) is 2.99. The average Bonchev–Trinajstić information content (AvgIpc) is 2.53. The first kappa shape index (κ1) is 14.6. The second kappa shape index (κ2) is 6.56. The highest BCUT2D eigenvalue weighted by atomic mass is 16.5. The normalized spacial score (nSPS) is 11.0. The molecule has 0 aliphatic rings. The van der Waals surface area contributed by atoms with Crippen molar-refractivity contribution in [2.75, 3.05) is 12.5 Å². The molecule has 0 aliphatic carbocycles. The number of hydrogen-bond donors (Lipinski definition) is 2. The average molecular weight is 284 g/mol. The smallest absolute Gasteiger partial charge is 0.335 e. The summed E-state index contributed by atoms with van der Waals surface area (Å²) in [6.45, 7) is 1.89. The van der Waals surface area contributed by atoms with E-state index in [0.29, 0.717) is 0 Å². The van der Waals surface area contributed by atoms with Crippen molar-refractivity contribution < 1.29 is 14.6 Å². The predicted molar refractivity (Wildman–Crippen MR) is 82.2 cm³/mol. The van der Waals surface area contributed by atoms with E-state index in [9.17, 15) is 4.79 Å². The molecule has 5 nitrogen and oxygen atoms in total. The number of hydrazone groups is 1. The number of nitrogens with zero attached hydrogens (tertiary/aromatic N) is 1. The topological polar surface area (TPSA) is 70.9 Å². The summed E-state index contributed by atoms with van der Waals surface area (Å²) in [6, 6.07) is 14.0. The van der Waals surface area contributed by atoms with Gasteiger partial charge >= 0.3 is 5.97 Å². The highest BCUT2D eigenvalue weighted by molar-refractivity contribution is 5.99. The summed E-state index contributed by atoms with van der Waals surface area (Å²) in [5.74, 6) is -0.150. The number of nitrogens with one attached hydrogen (secondary N) is 1. The van der Waals surface area contributed by atoms with E-state index in [1.54, 1.807) is 19.2 Å². The molecular formula is C16H16N2O3. The van der Waals surface area contributed by atoms with Crippen LogP contribution in [0.5, 0.6) is 5.75 Å². The van der Waals surface area contributed by atoms with Crippen LogP contribution >= 0.6 is 0 Å². The number of aromatic carboxylic acids is 1. The lowest BCUT2D eigenvalue weighted by Crippen LogP contribution is -2.00. The largest absolute Gasteiger partial charge is 0.497 e.